The molecule has 110 valence electrons. The molecule has 2 aromatic heterocycles. The molecule has 5 nitrogen and oxygen atoms in total. The van der Waals surface area contributed by atoms with E-state index in [1.807, 2.05) is 0 Å². The Hall–Kier alpha value is -1.67. The van der Waals surface area contributed by atoms with Crippen molar-refractivity contribution in [1.29, 1.82) is 0 Å². The lowest BCUT2D eigenvalue weighted by molar-refractivity contribution is -0.115. The van der Waals surface area contributed by atoms with Gasteiger partial charge in [0.1, 0.15) is 5.82 Å². The first-order valence-corrected chi connectivity index (χ1v) is 7.83. The number of thioether (sulfide) groups is 1. The third-order valence-electron chi connectivity index (χ3n) is 2.46. The van der Waals surface area contributed by atoms with E-state index in [0.29, 0.717) is 28.2 Å². The van der Waals surface area contributed by atoms with Gasteiger partial charge < -0.3 is 5.32 Å². The second-order valence-corrected chi connectivity index (χ2v) is 5.80. The summed E-state index contributed by atoms with van der Waals surface area (Å²) in [6.07, 6.45) is 4.56. The van der Waals surface area contributed by atoms with Crippen LogP contribution in [0.4, 0.5) is 10.1 Å². The van der Waals surface area contributed by atoms with Crippen molar-refractivity contribution in [1.82, 2.24) is 14.8 Å². The quantitative estimate of drug-likeness (QED) is 0.791. The van der Waals surface area contributed by atoms with Crippen LogP contribution in [0.25, 0.3) is 5.69 Å². The van der Waals surface area contributed by atoms with Crippen LogP contribution in [-0.2, 0) is 4.79 Å². The number of carbonyl (C=O) groups excluding carboxylic acids is 1. The number of anilines is 1. The van der Waals surface area contributed by atoms with E-state index in [9.17, 15) is 9.18 Å². The van der Waals surface area contributed by atoms with Crippen molar-refractivity contribution in [3.63, 3.8) is 0 Å². The van der Waals surface area contributed by atoms with Crippen molar-refractivity contribution in [3.8, 4) is 5.69 Å². The van der Waals surface area contributed by atoms with Gasteiger partial charge in [0.05, 0.1) is 30.0 Å². The van der Waals surface area contributed by atoms with Gasteiger partial charge in [0.25, 0.3) is 0 Å². The topological polar surface area (TPSA) is 59.8 Å². The summed E-state index contributed by atoms with van der Waals surface area (Å²) >= 11 is 4.74. The molecule has 0 unspecified atom stereocenters. The highest BCUT2D eigenvalue weighted by molar-refractivity contribution is 9.10. The molecule has 0 aromatic carbocycles. The number of nitrogens with one attached hydrogen (secondary N) is 1. The van der Waals surface area contributed by atoms with Crippen LogP contribution in [0.1, 0.15) is 6.42 Å². The van der Waals surface area contributed by atoms with E-state index >= 15 is 0 Å². The Balaban J connectivity index is 2.09. The molecule has 2 heterocycles. The maximum absolute atomic E-state index is 13.1. The maximum atomic E-state index is 13.1. The first-order chi connectivity index (χ1) is 10.1. The molecule has 0 radical (unpaired) electrons. The van der Waals surface area contributed by atoms with Crippen LogP contribution < -0.4 is 5.32 Å². The molecule has 0 bridgehead atoms. The average molecular weight is 371 g/mol. The molecule has 0 aliphatic heterocycles. The van der Waals surface area contributed by atoms with Gasteiger partial charge in [-0.05, 0) is 21.3 Å². The van der Waals surface area contributed by atoms with Crippen LogP contribution in [0.2, 0.25) is 0 Å². The number of rotatable bonds is 6. The van der Waals surface area contributed by atoms with E-state index in [4.69, 9.17) is 0 Å². The van der Waals surface area contributed by atoms with E-state index in [2.05, 4.69) is 37.9 Å². The minimum atomic E-state index is -0.453. The van der Waals surface area contributed by atoms with E-state index in [1.54, 1.807) is 11.6 Å². The smallest absolute Gasteiger partial charge is 0.225 e. The Morgan fingerprint density at radius 2 is 2.38 bits per heavy atom. The number of pyridine rings is 1. The van der Waals surface area contributed by atoms with Gasteiger partial charge in [0, 0.05) is 18.2 Å². The van der Waals surface area contributed by atoms with E-state index in [0.717, 1.165) is 6.20 Å². The maximum Gasteiger partial charge on any atom is 0.225 e. The number of amides is 1. The van der Waals surface area contributed by atoms with E-state index < -0.39 is 5.82 Å². The summed E-state index contributed by atoms with van der Waals surface area (Å²) in [5.41, 5.74) is 0.992. The Bertz CT molecular complexity index is 661. The third kappa shape index (κ3) is 4.40. The first-order valence-electron chi connectivity index (χ1n) is 5.98. The van der Waals surface area contributed by atoms with Gasteiger partial charge in [-0.25, -0.2) is 9.07 Å². The number of aromatic nitrogens is 3. The Morgan fingerprint density at radius 3 is 3.10 bits per heavy atom. The predicted octanol–water partition coefficient (Wildman–Crippen LogP) is 3.37. The second kappa shape index (κ2) is 7.37. The molecular formula is C13H12BrFN4OS. The number of nitrogens with zero attached hydrogens (tertiary/aromatic N) is 3. The van der Waals surface area contributed by atoms with Gasteiger partial charge >= 0.3 is 0 Å². The molecule has 2 rings (SSSR count). The van der Waals surface area contributed by atoms with Crippen molar-refractivity contribution < 1.29 is 9.18 Å². The van der Waals surface area contributed by atoms with Crippen molar-refractivity contribution in [3.05, 3.63) is 47.1 Å². The number of carbonyl (C=O) groups is 1. The summed E-state index contributed by atoms with van der Waals surface area (Å²) < 4.78 is 15.1. The lowest BCUT2D eigenvalue weighted by Crippen LogP contribution is -2.11. The van der Waals surface area contributed by atoms with Crippen LogP contribution in [0, 0.1) is 5.82 Å². The SMILES string of the molecule is C=CSCCC(=O)Nc1cn(-c2cncc(F)c2)nc1Br. The molecule has 21 heavy (non-hydrogen) atoms. The highest BCUT2D eigenvalue weighted by atomic mass is 79.9. The minimum absolute atomic E-state index is 0.123. The highest BCUT2D eigenvalue weighted by Crippen LogP contribution is 2.22. The average Bonchev–Trinajstić information content (AvgIpc) is 2.80. The molecule has 2 aromatic rings. The van der Waals surface area contributed by atoms with Crippen LogP contribution >= 0.6 is 27.7 Å². The molecule has 1 N–H and O–H groups in total. The molecule has 0 fully saturated rings. The van der Waals surface area contributed by atoms with Gasteiger partial charge in [0.15, 0.2) is 4.60 Å². The van der Waals surface area contributed by atoms with Gasteiger partial charge in [0.2, 0.25) is 5.91 Å². The molecule has 1 amide bonds. The molecule has 0 aliphatic rings. The second-order valence-electron chi connectivity index (χ2n) is 3.98. The van der Waals surface area contributed by atoms with Crippen LogP contribution in [0.3, 0.4) is 0 Å². The lowest BCUT2D eigenvalue weighted by Gasteiger charge is -2.01. The fourth-order valence-corrected chi connectivity index (χ4v) is 2.38. The molecule has 0 saturated carbocycles. The van der Waals surface area contributed by atoms with Crippen LogP contribution in [0.5, 0.6) is 0 Å². The fraction of sp³-hybridized carbons (Fsp3) is 0.154. The molecule has 0 saturated heterocycles. The number of hydrogen-bond donors (Lipinski definition) is 1. The largest absolute Gasteiger partial charge is 0.322 e. The molecule has 0 spiro atoms. The first kappa shape index (κ1) is 15.7. The standard InChI is InChI=1S/C13H12BrFN4OS/c1-2-21-4-3-12(20)17-11-8-19(18-13(11)14)10-5-9(15)6-16-7-10/h2,5-8H,1,3-4H2,(H,17,20). The molecule has 0 aliphatic carbocycles. The monoisotopic (exact) mass is 370 g/mol. The molecule has 8 heteroatoms. The van der Waals surface area contributed by atoms with Crippen LogP contribution in [0.15, 0.2) is 41.2 Å². The Morgan fingerprint density at radius 1 is 1.57 bits per heavy atom. The summed E-state index contributed by atoms with van der Waals surface area (Å²) in [5, 5.41) is 8.60. The lowest BCUT2D eigenvalue weighted by atomic mass is 10.4. The number of halogens is 2. The van der Waals surface area contributed by atoms with E-state index in [-0.39, 0.29) is 5.91 Å². The zero-order chi connectivity index (χ0) is 15.2. The summed E-state index contributed by atoms with van der Waals surface area (Å²) in [7, 11) is 0. The summed E-state index contributed by atoms with van der Waals surface area (Å²) in [4.78, 5) is 15.5. The van der Waals surface area contributed by atoms with E-state index in [1.165, 1.54) is 28.7 Å². The predicted molar refractivity (Wildman–Crippen MR) is 84.9 cm³/mol. The zero-order valence-electron chi connectivity index (χ0n) is 10.9. The van der Waals surface area contributed by atoms with Gasteiger partial charge in [-0.2, -0.15) is 5.10 Å². The van der Waals surface area contributed by atoms with Crippen LogP contribution in [-0.4, -0.2) is 26.4 Å². The highest BCUT2D eigenvalue weighted by Gasteiger charge is 2.11. The van der Waals surface area contributed by atoms with Crippen molar-refractivity contribution >= 4 is 39.3 Å². The van der Waals surface area contributed by atoms with Gasteiger partial charge in [-0.3, -0.25) is 9.78 Å². The van der Waals surface area contributed by atoms with Gasteiger partial charge in [-0.1, -0.05) is 6.58 Å². The molecule has 0 atom stereocenters. The summed E-state index contributed by atoms with van der Waals surface area (Å²) in [6.45, 7) is 3.57. The Labute approximate surface area is 133 Å². The summed E-state index contributed by atoms with van der Waals surface area (Å²) in [6, 6.07) is 1.30. The third-order valence-corrected chi connectivity index (χ3v) is 3.72. The van der Waals surface area contributed by atoms with Crippen molar-refractivity contribution in [2.24, 2.45) is 0 Å². The fourth-order valence-electron chi connectivity index (χ4n) is 1.54. The van der Waals surface area contributed by atoms with Gasteiger partial charge in [-0.15, -0.1) is 11.8 Å². The van der Waals surface area contributed by atoms with Crippen molar-refractivity contribution in [2.45, 2.75) is 6.42 Å². The normalized spacial score (nSPS) is 10.4. The molecular weight excluding hydrogens is 359 g/mol. The Kier molecular flexibility index (Phi) is 5.51. The summed E-state index contributed by atoms with van der Waals surface area (Å²) in [5.74, 6) is 0.0858. The zero-order valence-corrected chi connectivity index (χ0v) is 13.3. The minimum Gasteiger partial charge on any atom is -0.322 e. The number of hydrogen-bond acceptors (Lipinski definition) is 4. The van der Waals surface area contributed by atoms with Crippen molar-refractivity contribution in [2.75, 3.05) is 11.1 Å².